The van der Waals surface area contributed by atoms with Crippen LogP contribution in [-0.4, -0.2) is 19.0 Å². The first-order valence-corrected chi connectivity index (χ1v) is 9.18. The first kappa shape index (κ1) is 19.4. The molecule has 0 aliphatic carbocycles. The largest absolute Gasteiger partial charge is 0.466 e. The lowest BCUT2D eigenvalue weighted by Crippen LogP contribution is -2.29. The molecule has 5 nitrogen and oxygen atoms in total. The highest BCUT2D eigenvalue weighted by Crippen LogP contribution is 2.42. The number of benzene rings is 2. The van der Waals surface area contributed by atoms with Crippen LogP contribution in [0.25, 0.3) is 0 Å². The summed E-state index contributed by atoms with van der Waals surface area (Å²) >= 11 is 0. The average molecular weight is 377 g/mol. The van der Waals surface area contributed by atoms with Crippen molar-refractivity contribution in [1.82, 2.24) is 0 Å². The minimum atomic E-state index is -0.568. The Morgan fingerprint density at radius 2 is 1.61 bits per heavy atom. The van der Waals surface area contributed by atoms with Crippen LogP contribution in [0.15, 0.2) is 83.3 Å². The summed E-state index contributed by atoms with van der Waals surface area (Å²) in [5.74, 6) is -0.375. The van der Waals surface area contributed by atoms with Gasteiger partial charge >= 0.3 is 5.97 Å². The molecule has 0 saturated heterocycles. The second kappa shape index (κ2) is 8.57. The van der Waals surface area contributed by atoms with Gasteiger partial charge in [0, 0.05) is 12.1 Å². The summed E-state index contributed by atoms with van der Waals surface area (Å²) in [5, 5.41) is 2.90. The molecule has 0 radical (unpaired) electrons. The Labute approximate surface area is 164 Å². The van der Waals surface area contributed by atoms with Gasteiger partial charge in [-0.15, -0.1) is 0 Å². The molecule has 0 aromatic heterocycles. The molecule has 1 heterocycles. The number of carbonyl (C=O) groups excluding carboxylic acids is 2. The number of rotatable bonds is 5. The third-order valence-corrected chi connectivity index (χ3v) is 4.67. The zero-order chi connectivity index (χ0) is 20.1. The lowest BCUT2D eigenvalue weighted by Gasteiger charge is -2.30. The molecule has 1 amide bonds. The number of hydrogen-bond acceptors (Lipinski definition) is 4. The van der Waals surface area contributed by atoms with Crippen LogP contribution in [0.4, 0.5) is 5.69 Å². The van der Waals surface area contributed by atoms with Gasteiger partial charge in [-0.3, -0.25) is 4.79 Å². The lowest BCUT2D eigenvalue weighted by molar-refractivity contribution is -0.136. The molecule has 1 atom stereocenters. The lowest BCUT2D eigenvalue weighted by atomic mass is 9.81. The normalized spacial score (nSPS) is 16.5. The molecule has 28 heavy (non-hydrogen) atoms. The number of amides is 1. The molecule has 0 spiro atoms. The first-order chi connectivity index (χ1) is 13.6. The minimum absolute atomic E-state index is 0.311. The monoisotopic (exact) mass is 377 g/mol. The number of carbonyl (C=O) groups is 2. The number of allylic oxidation sites excluding steroid dienone is 2. The fraction of sp³-hybridized carbons (Fsp3) is 0.217. The molecular formula is C23H23NO4. The Hall–Kier alpha value is -3.34. The quantitative estimate of drug-likeness (QED) is 0.777. The van der Waals surface area contributed by atoms with Crippen molar-refractivity contribution in [3.63, 3.8) is 0 Å². The summed E-state index contributed by atoms with van der Waals surface area (Å²) in [6, 6.07) is 18.6. The van der Waals surface area contributed by atoms with Crippen LogP contribution in [0.1, 0.15) is 31.7 Å². The zero-order valence-electron chi connectivity index (χ0n) is 16.2. The van der Waals surface area contributed by atoms with Crippen molar-refractivity contribution in [1.29, 1.82) is 0 Å². The van der Waals surface area contributed by atoms with Gasteiger partial charge in [-0.25, -0.2) is 4.79 Å². The standard InChI is InChI=1S/C23H23NO4/c1-4-18-21(23(26)27-3)20(16-11-7-5-8-12-16)19(15(2)28-18)22(25)24-17-13-9-6-10-14-17/h5-14,20H,4H2,1-3H3,(H,24,25). The van der Waals surface area contributed by atoms with Gasteiger partial charge < -0.3 is 14.8 Å². The molecule has 3 rings (SSSR count). The Balaban J connectivity index is 2.10. The second-order valence-corrected chi connectivity index (χ2v) is 6.42. The van der Waals surface area contributed by atoms with Gasteiger partial charge in [0.25, 0.3) is 5.91 Å². The van der Waals surface area contributed by atoms with E-state index in [1.54, 1.807) is 6.92 Å². The first-order valence-electron chi connectivity index (χ1n) is 9.18. The van der Waals surface area contributed by atoms with E-state index in [9.17, 15) is 9.59 Å². The van der Waals surface area contributed by atoms with Crippen LogP contribution in [0, 0.1) is 0 Å². The Morgan fingerprint density at radius 1 is 1.00 bits per heavy atom. The molecule has 5 heteroatoms. The predicted octanol–water partition coefficient (Wildman–Crippen LogP) is 4.55. The van der Waals surface area contributed by atoms with Gasteiger partial charge in [0.2, 0.25) is 0 Å². The molecule has 0 fully saturated rings. The highest BCUT2D eigenvalue weighted by Gasteiger charge is 2.39. The second-order valence-electron chi connectivity index (χ2n) is 6.42. The van der Waals surface area contributed by atoms with E-state index in [0.29, 0.717) is 34.8 Å². The van der Waals surface area contributed by atoms with Gasteiger partial charge in [0.05, 0.1) is 24.2 Å². The molecule has 1 aliphatic rings. The molecule has 2 aromatic carbocycles. The smallest absolute Gasteiger partial charge is 0.338 e. The molecular weight excluding hydrogens is 354 g/mol. The summed E-state index contributed by atoms with van der Waals surface area (Å²) in [6.07, 6.45) is 0.513. The maximum Gasteiger partial charge on any atom is 0.338 e. The summed E-state index contributed by atoms with van der Waals surface area (Å²) < 4.78 is 10.9. The average Bonchev–Trinajstić information content (AvgIpc) is 2.73. The van der Waals surface area contributed by atoms with Gasteiger partial charge in [0.1, 0.15) is 11.5 Å². The van der Waals surface area contributed by atoms with Crippen molar-refractivity contribution in [2.45, 2.75) is 26.2 Å². The molecule has 1 N–H and O–H groups in total. The molecule has 2 aromatic rings. The molecule has 1 unspecified atom stereocenters. The molecule has 0 bridgehead atoms. The van der Waals surface area contributed by atoms with Crippen LogP contribution in [0.5, 0.6) is 0 Å². The van der Waals surface area contributed by atoms with Gasteiger partial charge in [0.15, 0.2) is 0 Å². The number of hydrogen-bond donors (Lipinski definition) is 1. The fourth-order valence-electron chi connectivity index (χ4n) is 3.40. The molecule has 0 saturated carbocycles. The Morgan fingerprint density at radius 3 is 2.18 bits per heavy atom. The van der Waals surface area contributed by atoms with E-state index in [4.69, 9.17) is 9.47 Å². The summed E-state index contributed by atoms with van der Waals surface area (Å²) in [6.45, 7) is 3.65. The number of esters is 1. The van der Waals surface area contributed by atoms with Crippen LogP contribution in [0.2, 0.25) is 0 Å². The number of para-hydroxylation sites is 1. The number of anilines is 1. The SMILES string of the molecule is CCC1=C(C(=O)OC)C(c2ccccc2)C(C(=O)Nc2ccccc2)=C(C)O1. The number of ether oxygens (including phenoxy) is 2. The van der Waals surface area contributed by atoms with E-state index >= 15 is 0 Å². The number of nitrogens with one attached hydrogen (secondary N) is 1. The van der Waals surface area contributed by atoms with Crippen molar-refractivity contribution >= 4 is 17.6 Å². The van der Waals surface area contributed by atoms with Gasteiger partial charge in [-0.05, 0) is 24.6 Å². The Bertz CT molecular complexity index is 930. The van der Waals surface area contributed by atoms with Crippen molar-refractivity contribution < 1.29 is 19.1 Å². The van der Waals surface area contributed by atoms with E-state index in [2.05, 4.69) is 5.32 Å². The molecule has 144 valence electrons. The molecule has 1 aliphatic heterocycles. The third kappa shape index (κ3) is 3.83. The predicted molar refractivity (Wildman–Crippen MR) is 107 cm³/mol. The van der Waals surface area contributed by atoms with E-state index in [1.807, 2.05) is 67.6 Å². The summed E-state index contributed by atoms with van der Waals surface area (Å²) in [4.78, 5) is 25.8. The fourth-order valence-corrected chi connectivity index (χ4v) is 3.40. The number of methoxy groups -OCH3 is 1. The van der Waals surface area contributed by atoms with Crippen molar-refractivity contribution in [3.8, 4) is 0 Å². The van der Waals surface area contributed by atoms with Crippen LogP contribution in [-0.2, 0) is 19.1 Å². The highest BCUT2D eigenvalue weighted by atomic mass is 16.5. The highest BCUT2D eigenvalue weighted by molar-refractivity contribution is 6.08. The third-order valence-electron chi connectivity index (χ3n) is 4.67. The topological polar surface area (TPSA) is 64.6 Å². The van der Waals surface area contributed by atoms with Crippen LogP contribution in [0.3, 0.4) is 0 Å². The Kier molecular flexibility index (Phi) is 5.94. The van der Waals surface area contributed by atoms with Gasteiger partial charge in [-0.1, -0.05) is 55.5 Å². The minimum Gasteiger partial charge on any atom is -0.466 e. The van der Waals surface area contributed by atoms with Crippen LogP contribution >= 0.6 is 0 Å². The van der Waals surface area contributed by atoms with Crippen molar-refractivity contribution in [2.75, 3.05) is 12.4 Å². The zero-order valence-corrected chi connectivity index (χ0v) is 16.2. The van der Waals surface area contributed by atoms with Crippen LogP contribution < -0.4 is 5.32 Å². The maximum atomic E-state index is 13.2. The van der Waals surface area contributed by atoms with E-state index in [1.165, 1.54) is 7.11 Å². The summed E-state index contributed by atoms with van der Waals surface area (Å²) in [7, 11) is 1.33. The van der Waals surface area contributed by atoms with E-state index in [-0.39, 0.29) is 5.91 Å². The van der Waals surface area contributed by atoms with Gasteiger partial charge in [-0.2, -0.15) is 0 Å². The van der Waals surface area contributed by atoms with E-state index in [0.717, 1.165) is 5.56 Å². The van der Waals surface area contributed by atoms with Crippen molar-refractivity contribution in [2.24, 2.45) is 0 Å². The van der Waals surface area contributed by atoms with Crippen molar-refractivity contribution in [3.05, 3.63) is 88.9 Å². The summed E-state index contributed by atoms with van der Waals surface area (Å²) in [5.41, 5.74) is 2.26. The van der Waals surface area contributed by atoms with E-state index < -0.39 is 11.9 Å². The maximum absolute atomic E-state index is 13.2.